The summed E-state index contributed by atoms with van der Waals surface area (Å²) < 4.78 is 33.9. The van der Waals surface area contributed by atoms with Crippen molar-refractivity contribution in [2.24, 2.45) is 5.16 Å². The van der Waals surface area contributed by atoms with Crippen LogP contribution in [0.15, 0.2) is 40.9 Å². The van der Waals surface area contributed by atoms with E-state index in [1.54, 1.807) is 23.3 Å². The summed E-state index contributed by atoms with van der Waals surface area (Å²) in [4.78, 5) is 19.6. The van der Waals surface area contributed by atoms with Crippen molar-refractivity contribution in [3.63, 3.8) is 0 Å². The molecular weight excluding hydrogens is 366 g/mol. The maximum absolute atomic E-state index is 12.3. The van der Waals surface area contributed by atoms with Gasteiger partial charge in [-0.25, -0.2) is 0 Å². The summed E-state index contributed by atoms with van der Waals surface area (Å²) in [6.07, 6.45) is 1.35. The Morgan fingerprint density at radius 2 is 2.15 bits per heavy atom. The van der Waals surface area contributed by atoms with Gasteiger partial charge >= 0.3 is 6.61 Å². The third-order valence-corrected chi connectivity index (χ3v) is 4.13. The summed E-state index contributed by atoms with van der Waals surface area (Å²) >= 11 is 1.57. The van der Waals surface area contributed by atoms with E-state index in [0.29, 0.717) is 12.1 Å². The van der Waals surface area contributed by atoms with Crippen molar-refractivity contribution >= 4 is 23.5 Å². The van der Waals surface area contributed by atoms with Crippen LogP contribution in [0.5, 0.6) is 11.5 Å². The summed E-state index contributed by atoms with van der Waals surface area (Å²) in [6.45, 7) is -2.64. The number of rotatable bonds is 9. The first kappa shape index (κ1) is 19.6. The first-order chi connectivity index (χ1) is 12.5. The minimum atomic E-state index is -2.94. The van der Waals surface area contributed by atoms with Crippen LogP contribution < -0.4 is 9.47 Å². The zero-order valence-corrected chi connectivity index (χ0v) is 15.0. The van der Waals surface area contributed by atoms with E-state index >= 15 is 0 Å². The lowest BCUT2D eigenvalue weighted by atomic mass is 10.2. The van der Waals surface area contributed by atoms with Gasteiger partial charge in [-0.05, 0) is 29.6 Å². The highest BCUT2D eigenvalue weighted by Gasteiger charge is 2.11. The molecule has 0 saturated carbocycles. The molecule has 140 valence electrons. The Morgan fingerprint density at radius 1 is 1.35 bits per heavy atom. The minimum Gasteiger partial charge on any atom is -0.493 e. The number of likely N-dealkylation sites (N-methyl/N-ethyl adjacent to an activating group) is 1. The van der Waals surface area contributed by atoms with Crippen LogP contribution in [0.3, 0.4) is 0 Å². The molecule has 6 nitrogen and oxygen atoms in total. The number of oxime groups is 1. The van der Waals surface area contributed by atoms with E-state index in [2.05, 4.69) is 9.89 Å². The Kier molecular flexibility index (Phi) is 7.34. The number of ether oxygens (including phenoxy) is 2. The topological polar surface area (TPSA) is 60.4 Å². The van der Waals surface area contributed by atoms with Gasteiger partial charge in [0.05, 0.1) is 19.9 Å². The second kappa shape index (κ2) is 9.71. The van der Waals surface area contributed by atoms with Crippen LogP contribution in [-0.2, 0) is 16.2 Å². The lowest BCUT2D eigenvalue weighted by Crippen LogP contribution is -2.29. The van der Waals surface area contributed by atoms with Gasteiger partial charge in [-0.1, -0.05) is 11.2 Å². The van der Waals surface area contributed by atoms with Crippen molar-refractivity contribution in [2.45, 2.75) is 13.2 Å². The molecule has 0 unspecified atom stereocenters. The fourth-order valence-corrected chi connectivity index (χ4v) is 2.74. The molecule has 0 atom stereocenters. The number of amides is 1. The Labute approximate surface area is 153 Å². The highest BCUT2D eigenvalue weighted by Crippen LogP contribution is 2.28. The predicted molar refractivity (Wildman–Crippen MR) is 94.0 cm³/mol. The Morgan fingerprint density at radius 3 is 2.81 bits per heavy atom. The predicted octanol–water partition coefficient (Wildman–Crippen LogP) is 3.37. The lowest BCUT2D eigenvalue weighted by Gasteiger charge is -2.15. The van der Waals surface area contributed by atoms with E-state index in [-0.39, 0.29) is 24.0 Å². The van der Waals surface area contributed by atoms with Crippen LogP contribution in [0.25, 0.3) is 0 Å². The van der Waals surface area contributed by atoms with Crippen LogP contribution in [0, 0.1) is 0 Å². The number of hydrogen-bond acceptors (Lipinski definition) is 6. The Bertz CT molecular complexity index is 738. The first-order valence-electron chi connectivity index (χ1n) is 7.54. The van der Waals surface area contributed by atoms with Crippen molar-refractivity contribution in [1.29, 1.82) is 0 Å². The monoisotopic (exact) mass is 384 g/mol. The van der Waals surface area contributed by atoms with E-state index < -0.39 is 6.61 Å². The Balaban J connectivity index is 1.84. The molecule has 0 aliphatic carbocycles. The molecule has 0 bridgehead atoms. The molecule has 0 saturated heterocycles. The number of benzene rings is 1. The third kappa shape index (κ3) is 5.99. The second-order valence-electron chi connectivity index (χ2n) is 5.13. The van der Waals surface area contributed by atoms with E-state index in [1.807, 2.05) is 17.5 Å². The van der Waals surface area contributed by atoms with E-state index in [4.69, 9.17) is 9.57 Å². The fourth-order valence-electron chi connectivity index (χ4n) is 1.98. The first-order valence-corrected chi connectivity index (χ1v) is 8.42. The van der Waals surface area contributed by atoms with Gasteiger partial charge in [0.25, 0.3) is 5.91 Å². The number of halogens is 2. The molecule has 9 heteroatoms. The zero-order chi connectivity index (χ0) is 18.9. The number of thiophene rings is 1. The van der Waals surface area contributed by atoms with Gasteiger partial charge in [0.15, 0.2) is 18.1 Å². The molecule has 1 amide bonds. The number of nitrogens with zero attached hydrogens (tertiary/aromatic N) is 2. The van der Waals surface area contributed by atoms with Crippen LogP contribution >= 0.6 is 11.3 Å². The smallest absolute Gasteiger partial charge is 0.387 e. The minimum absolute atomic E-state index is 0.0778. The molecule has 0 aliphatic rings. The van der Waals surface area contributed by atoms with E-state index in [9.17, 15) is 13.6 Å². The average molecular weight is 384 g/mol. The third-order valence-electron chi connectivity index (χ3n) is 3.27. The lowest BCUT2D eigenvalue weighted by molar-refractivity contribution is -0.135. The highest BCUT2D eigenvalue weighted by atomic mass is 32.1. The van der Waals surface area contributed by atoms with Gasteiger partial charge in [-0.2, -0.15) is 8.78 Å². The number of carbonyl (C=O) groups excluding carboxylic acids is 1. The van der Waals surface area contributed by atoms with Crippen molar-refractivity contribution in [2.75, 3.05) is 20.8 Å². The second-order valence-corrected chi connectivity index (χ2v) is 6.16. The average Bonchev–Trinajstić information content (AvgIpc) is 3.12. The molecular formula is C17H18F2N2O4S. The summed E-state index contributed by atoms with van der Waals surface area (Å²) in [5.74, 6) is -0.152. The fraction of sp³-hybridized carbons (Fsp3) is 0.294. The summed E-state index contributed by atoms with van der Waals surface area (Å²) in [6, 6.07) is 8.19. The van der Waals surface area contributed by atoms with Crippen molar-refractivity contribution in [3.05, 3.63) is 46.2 Å². The molecule has 0 aliphatic heterocycles. The molecule has 2 aromatic rings. The van der Waals surface area contributed by atoms with Crippen LogP contribution in [0.4, 0.5) is 8.78 Å². The van der Waals surface area contributed by atoms with Crippen LogP contribution in [0.1, 0.15) is 10.4 Å². The molecule has 1 aromatic heterocycles. The van der Waals surface area contributed by atoms with E-state index in [0.717, 1.165) is 4.88 Å². The SMILES string of the molecule is COc1cc(/C=N/OCC(=O)N(C)Cc2cccs2)ccc1OC(F)F. The molecule has 1 aromatic carbocycles. The van der Waals surface area contributed by atoms with E-state index in [1.165, 1.54) is 31.5 Å². The van der Waals surface area contributed by atoms with Crippen LogP contribution in [0.2, 0.25) is 0 Å². The molecule has 0 spiro atoms. The van der Waals surface area contributed by atoms with Gasteiger partial charge in [0, 0.05) is 17.5 Å². The summed E-state index contributed by atoms with van der Waals surface area (Å²) in [5, 5.41) is 5.66. The van der Waals surface area contributed by atoms with Crippen molar-refractivity contribution < 1.29 is 27.9 Å². The maximum atomic E-state index is 12.3. The molecule has 1 heterocycles. The highest BCUT2D eigenvalue weighted by molar-refractivity contribution is 7.09. The van der Waals surface area contributed by atoms with Crippen molar-refractivity contribution in [3.8, 4) is 11.5 Å². The molecule has 2 rings (SSSR count). The molecule has 26 heavy (non-hydrogen) atoms. The Hall–Kier alpha value is -2.68. The number of hydrogen-bond donors (Lipinski definition) is 0. The normalized spacial score (nSPS) is 11.0. The summed E-state index contributed by atoms with van der Waals surface area (Å²) in [5.41, 5.74) is 0.544. The van der Waals surface area contributed by atoms with Gasteiger partial charge in [0.1, 0.15) is 0 Å². The van der Waals surface area contributed by atoms with Crippen LogP contribution in [-0.4, -0.2) is 44.4 Å². The molecule has 0 radical (unpaired) electrons. The molecule has 0 fully saturated rings. The van der Waals surface area contributed by atoms with Gasteiger partial charge in [-0.3, -0.25) is 4.79 Å². The number of methoxy groups -OCH3 is 1. The maximum Gasteiger partial charge on any atom is 0.387 e. The number of alkyl halides is 2. The standard InChI is InChI=1S/C17H18F2N2O4S/c1-21(10-13-4-3-7-26-13)16(22)11-24-20-9-12-5-6-14(25-17(18)19)15(8-12)23-2/h3-9,17H,10-11H2,1-2H3/b20-9+. The quantitative estimate of drug-likeness (QED) is 0.491. The van der Waals surface area contributed by atoms with Gasteiger partial charge < -0.3 is 19.2 Å². The van der Waals surface area contributed by atoms with Gasteiger partial charge in [-0.15, -0.1) is 11.3 Å². The molecule has 0 N–H and O–H groups in total. The number of carbonyl (C=O) groups is 1. The van der Waals surface area contributed by atoms with Crippen molar-refractivity contribution in [1.82, 2.24) is 4.90 Å². The zero-order valence-electron chi connectivity index (χ0n) is 14.2. The summed E-state index contributed by atoms with van der Waals surface area (Å²) in [7, 11) is 3.02. The van der Waals surface area contributed by atoms with Gasteiger partial charge in [0.2, 0.25) is 0 Å². The largest absolute Gasteiger partial charge is 0.493 e.